The first-order chi connectivity index (χ1) is 25.0. The molecule has 0 aliphatic heterocycles. The Morgan fingerprint density at radius 3 is 1.59 bits per heavy atom. The van der Waals surface area contributed by atoms with Crippen molar-refractivity contribution in [2.45, 2.75) is 37.1 Å². The number of nitrogens with one attached hydrogen (secondary N) is 3. The lowest BCUT2D eigenvalue weighted by Gasteiger charge is -2.20. The van der Waals surface area contributed by atoms with E-state index in [1.165, 1.54) is 11.1 Å². The van der Waals surface area contributed by atoms with Crippen molar-refractivity contribution in [1.29, 1.82) is 0 Å². The van der Waals surface area contributed by atoms with Gasteiger partial charge in [-0.3, -0.25) is 4.79 Å². The molecule has 0 spiro atoms. The Hall–Kier alpha value is -5.19. The van der Waals surface area contributed by atoms with Crippen molar-refractivity contribution in [2.24, 2.45) is 0 Å². The highest BCUT2D eigenvalue weighted by Crippen LogP contribution is 2.45. The summed E-state index contributed by atoms with van der Waals surface area (Å²) >= 11 is 0. The van der Waals surface area contributed by atoms with Crippen LogP contribution in [-0.2, 0) is 23.7 Å². The van der Waals surface area contributed by atoms with Gasteiger partial charge >= 0.3 is 12.2 Å². The van der Waals surface area contributed by atoms with Crippen molar-refractivity contribution in [1.82, 2.24) is 16.0 Å². The molecule has 1 unspecified atom stereocenters. The summed E-state index contributed by atoms with van der Waals surface area (Å²) in [6, 6.07) is 31.8. The number of carbonyl (C=O) groups excluding carboxylic acids is 3. The second-order valence-corrected chi connectivity index (χ2v) is 12.7. The van der Waals surface area contributed by atoms with Crippen LogP contribution >= 0.6 is 0 Å². The van der Waals surface area contributed by atoms with E-state index in [4.69, 9.17) is 18.9 Å². The third-order valence-electron chi connectivity index (χ3n) is 9.46. The number of fused-ring (bicyclic) bond motifs is 6. The summed E-state index contributed by atoms with van der Waals surface area (Å²) < 4.78 is 21.8. The highest BCUT2D eigenvalue weighted by atomic mass is 16.6. The maximum absolute atomic E-state index is 13.2. The number of hydrogen-bond acceptors (Lipinski definition) is 7. The fourth-order valence-electron chi connectivity index (χ4n) is 6.98. The van der Waals surface area contributed by atoms with E-state index in [-0.39, 0.29) is 37.5 Å². The number of amides is 3. The molecule has 0 saturated heterocycles. The first-order valence-corrected chi connectivity index (χ1v) is 17.6. The van der Waals surface area contributed by atoms with E-state index in [2.05, 4.69) is 64.5 Å². The largest absolute Gasteiger partial charge is 0.449 e. The third kappa shape index (κ3) is 8.76. The number of carbonyl (C=O) groups is 3. The number of methoxy groups -OCH3 is 1. The van der Waals surface area contributed by atoms with Crippen LogP contribution in [0.3, 0.4) is 0 Å². The molecule has 3 amide bonds. The normalized spacial score (nSPS) is 13.4. The average Bonchev–Trinajstić information content (AvgIpc) is 3.66. The predicted octanol–water partition coefficient (Wildman–Crippen LogP) is 6.38. The molecule has 0 heterocycles. The van der Waals surface area contributed by atoms with Crippen molar-refractivity contribution in [3.8, 4) is 22.3 Å². The van der Waals surface area contributed by atoms with Crippen LogP contribution in [0.15, 0.2) is 97.1 Å². The number of alkyl carbamates (subject to hydrolysis) is 2. The van der Waals surface area contributed by atoms with Gasteiger partial charge in [0.2, 0.25) is 5.91 Å². The lowest BCUT2D eigenvalue weighted by Crippen LogP contribution is -2.47. The Morgan fingerprint density at radius 2 is 1.08 bits per heavy atom. The summed E-state index contributed by atoms with van der Waals surface area (Å²) in [4.78, 5) is 38.9. The van der Waals surface area contributed by atoms with Crippen LogP contribution in [0.5, 0.6) is 0 Å². The highest BCUT2D eigenvalue weighted by Gasteiger charge is 2.31. The molecule has 2 aliphatic rings. The first kappa shape index (κ1) is 35.6. The number of rotatable bonds is 17. The fourth-order valence-corrected chi connectivity index (χ4v) is 6.98. The van der Waals surface area contributed by atoms with E-state index < -0.39 is 18.2 Å². The summed E-state index contributed by atoms with van der Waals surface area (Å²) in [6.07, 6.45) is 0.352. The lowest BCUT2D eigenvalue weighted by molar-refractivity contribution is -0.123. The van der Waals surface area contributed by atoms with Gasteiger partial charge in [0.25, 0.3) is 0 Å². The van der Waals surface area contributed by atoms with E-state index in [0.717, 1.165) is 33.4 Å². The lowest BCUT2D eigenvalue weighted by atomic mass is 9.98. The van der Waals surface area contributed by atoms with Crippen molar-refractivity contribution in [2.75, 3.05) is 53.2 Å². The smallest absolute Gasteiger partial charge is 0.407 e. The van der Waals surface area contributed by atoms with Gasteiger partial charge in [0.05, 0.1) is 19.8 Å². The number of hydrogen-bond donors (Lipinski definition) is 3. The molecule has 6 rings (SSSR count). The maximum Gasteiger partial charge on any atom is 0.407 e. The van der Waals surface area contributed by atoms with Gasteiger partial charge < -0.3 is 34.9 Å². The van der Waals surface area contributed by atoms with Crippen LogP contribution in [0.2, 0.25) is 0 Å². The molecule has 2 aliphatic carbocycles. The average molecular weight is 692 g/mol. The Morgan fingerprint density at radius 1 is 0.588 bits per heavy atom. The molecule has 0 radical (unpaired) electrons. The molecule has 0 saturated carbocycles. The quantitative estimate of drug-likeness (QED) is 0.110. The van der Waals surface area contributed by atoms with Gasteiger partial charge in [-0.05, 0) is 63.8 Å². The summed E-state index contributed by atoms with van der Waals surface area (Å²) in [6.45, 7) is 2.23. The van der Waals surface area contributed by atoms with Gasteiger partial charge in [0.1, 0.15) is 19.3 Å². The van der Waals surface area contributed by atoms with Gasteiger partial charge in [-0.15, -0.1) is 0 Å². The van der Waals surface area contributed by atoms with E-state index in [1.54, 1.807) is 7.11 Å². The van der Waals surface area contributed by atoms with Gasteiger partial charge in [-0.2, -0.15) is 0 Å². The molecule has 51 heavy (non-hydrogen) atoms. The molecule has 1 atom stereocenters. The monoisotopic (exact) mass is 691 g/mol. The van der Waals surface area contributed by atoms with Crippen molar-refractivity contribution < 1.29 is 33.3 Å². The molecular formula is C41H45N3O7. The van der Waals surface area contributed by atoms with Crippen molar-refractivity contribution in [3.05, 3.63) is 119 Å². The zero-order valence-electron chi connectivity index (χ0n) is 28.9. The molecule has 10 nitrogen and oxygen atoms in total. The molecular weight excluding hydrogens is 646 g/mol. The van der Waals surface area contributed by atoms with Crippen LogP contribution < -0.4 is 16.0 Å². The van der Waals surface area contributed by atoms with Gasteiger partial charge in [-0.1, -0.05) is 97.1 Å². The van der Waals surface area contributed by atoms with E-state index in [0.29, 0.717) is 45.6 Å². The minimum Gasteiger partial charge on any atom is -0.449 e. The van der Waals surface area contributed by atoms with Crippen LogP contribution in [0.4, 0.5) is 9.59 Å². The minimum atomic E-state index is -0.825. The van der Waals surface area contributed by atoms with E-state index in [9.17, 15) is 14.4 Å². The molecule has 10 heteroatoms. The van der Waals surface area contributed by atoms with Crippen LogP contribution in [0.1, 0.15) is 53.4 Å². The molecule has 4 aromatic rings. The first-order valence-electron chi connectivity index (χ1n) is 17.6. The number of benzene rings is 4. The SMILES string of the molecule is COCCOCCNC(=O)C(CCCCNC(=O)OCC1c2ccccc2-c2ccccc21)NC(=O)OCC1c2ccccc2-c2ccccc21. The summed E-state index contributed by atoms with van der Waals surface area (Å²) in [7, 11) is 1.60. The summed E-state index contributed by atoms with van der Waals surface area (Å²) in [5.74, 6) is -0.441. The Labute approximate surface area is 298 Å². The predicted molar refractivity (Wildman–Crippen MR) is 195 cm³/mol. The van der Waals surface area contributed by atoms with Crippen molar-refractivity contribution >= 4 is 18.1 Å². The van der Waals surface area contributed by atoms with Crippen LogP contribution in [-0.4, -0.2) is 77.4 Å². The van der Waals surface area contributed by atoms with E-state index in [1.807, 2.05) is 48.5 Å². The van der Waals surface area contributed by atoms with Gasteiger partial charge in [-0.25, -0.2) is 9.59 Å². The number of ether oxygens (including phenoxy) is 4. The van der Waals surface area contributed by atoms with E-state index >= 15 is 0 Å². The summed E-state index contributed by atoms with van der Waals surface area (Å²) in [5, 5.41) is 8.44. The van der Waals surface area contributed by atoms with Crippen molar-refractivity contribution in [3.63, 3.8) is 0 Å². The molecule has 266 valence electrons. The Bertz CT molecular complexity index is 1720. The molecule has 0 aromatic heterocycles. The molecule has 4 aromatic carbocycles. The Balaban J connectivity index is 0.971. The molecule has 0 bridgehead atoms. The zero-order valence-corrected chi connectivity index (χ0v) is 28.9. The molecule has 3 N–H and O–H groups in total. The van der Waals surface area contributed by atoms with Crippen LogP contribution in [0.25, 0.3) is 22.3 Å². The minimum absolute atomic E-state index is 0.0169. The second-order valence-electron chi connectivity index (χ2n) is 12.7. The second kappa shape index (κ2) is 17.6. The fraction of sp³-hybridized carbons (Fsp3) is 0.341. The third-order valence-corrected chi connectivity index (χ3v) is 9.46. The maximum atomic E-state index is 13.2. The summed E-state index contributed by atoms with van der Waals surface area (Å²) in [5.41, 5.74) is 9.15. The Kier molecular flexibility index (Phi) is 12.3. The number of unbranched alkanes of at least 4 members (excludes halogenated alkanes) is 1. The zero-order chi connectivity index (χ0) is 35.4. The standard InChI is InChI=1S/C41H45N3O7/c1-48-24-25-49-23-22-42-39(45)38(44-41(47)51-27-37-34-18-8-4-14-30(34)31-15-5-9-19-35(31)37)20-10-11-21-43-40(46)50-26-36-32-16-6-2-12-28(32)29-13-3-7-17-33(29)36/h2-9,12-19,36-38H,10-11,20-27H2,1H3,(H,42,45)(H,43,46)(H,44,47). The highest BCUT2D eigenvalue weighted by molar-refractivity contribution is 5.86. The van der Waals surface area contributed by atoms with Gasteiger partial charge in [0, 0.05) is 32.0 Å². The molecule has 0 fully saturated rings. The van der Waals surface area contributed by atoms with Gasteiger partial charge in [0.15, 0.2) is 0 Å². The topological polar surface area (TPSA) is 124 Å². The van der Waals surface area contributed by atoms with Crippen LogP contribution in [0, 0.1) is 0 Å².